The summed E-state index contributed by atoms with van der Waals surface area (Å²) in [4.78, 5) is 17.8. The van der Waals surface area contributed by atoms with Gasteiger partial charge in [0.25, 0.3) is 5.69 Å². The Morgan fingerprint density at radius 2 is 1.50 bits per heavy atom. The number of hydrogen-bond acceptors (Lipinski definition) is 7. The van der Waals surface area contributed by atoms with E-state index in [4.69, 9.17) is 5.10 Å². The van der Waals surface area contributed by atoms with E-state index in [-0.39, 0.29) is 10.6 Å². The van der Waals surface area contributed by atoms with E-state index in [1.54, 1.807) is 12.1 Å². The summed E-state index contributed by atoms with van der Waals surface area (Å²) in [5.41, 5.74) is 6.98. The van der Waals surface area contributed by atoms with E-state index in [0.29, 0.717) is 0 Å². The zero-order valence-electron chi connectivity index (χ0n) is 24.1. The molecule has 3 aromatic carbocycles. The molecule has 2 saturated heterocycles. The van der Waals surface area contributed by atoms with E-state index in [0.717, 1.165) is 76.0 Å². The summed E-state index contributed by atoms with van der Waals surface area (Å²) >= 11 is 0. The SMILES string of the molecule is O=[N+]([O-])c1ccc(N2CCN(CCNCc3ccn(-c4cc(N5CCCCC5)ccc4-c4ccccc4)n3)CC2)cc1. The van der Waals surface area contributed by atoms with Crippen LogP contribution in [0.2, 0.25) is 0 Å². The van der Waals surface area contributed by atoms with Crippen molar-refractivity contribution in [3.63, 3.8) is 0 Å². The average molecular weight is 566 g/mol. The van der Waals surface area contributed by atoms with Gasteiger partial charge in [-0.2, -0.15) is 5.10 Å². The van der Waals surface area contributed by atoms with Crippen molar-refractivity contribution in [3.05, 3.63) is 101 Å². The maximum absolute atomic E-state index is 10.9. The molecule has 1 aromatic heterocycles. The molecule has 0 atom stereocenters. The van der Waals surface area contributed by atoms with Crippen molar-refractivity contribution in [1.29, 1.82) is 0 Å². The fourth-order valence-electron chi connectivity index (χ4n) is 5.98. The molecule has 0 saturated carbocycles. The number of nitro benzene ring substituents is 1. The first-order valence-corrected chi connectivity index (χ1v) is 15.1. The molecule has 2 fully saturated rings. The number of nitrogens with zero attached hydrogens (tertiary/aromatic N) is 6. The molecule has 0 spiro atoms. The van der Waals surface area contributed by atoms with Gasteiger partial charge in [-0.1, -0.05) is 36.4 Å². The Morgan fingerprint density at radius 3 is 2.24 bits per heavy atom. The summed E-state index contributed by atoms with van der Waals surface area (Å²) in [6, 6.07) is 26.3. The third-order valence-electron chi connectivity index (χ3n) is 8.39. The van der Waals surface area contributed by atoms with Gasteiger partial charge in [0.2, 0.25) is 0 Å². The van der Waals surface area contributed by atoms with E-state index in [9.17, 15) is 10.1 Å². The molecule has 42 heavy (non-hydrogen) atoms. The van der Waals surface area contributed by atoms with E-state index < -0.39 is 0 Å². The quantitative estimate of drug-likeness (QED) is 0.158. The zero-order chi connectivity index (χ0) is 28.7. The maximum Gasteiger partial charge on any atom is 0.269 e. The first-order valence-electron chi connectivity index (χ1n) is 15.1. The first-order chi connectivity index (χ1) is 20.6. The highest BCUT2D eigenvalue weighted by Crippen LogP contribution is 2.31. The lowest BCUT2D eigenvalue weighted by molar-refractivity contribution is -0.384. The Kier molecular flexibility index (Phi) is 8.77. The van der Waals surface area contributed by atoms with Crippen molar-refractivity contribution in [2.24, 2.45) is 0 Å². The van der Waals surface area contributed by atoms with Crippen LogP contribution in [-0.4, -0.2) is 72.0 Å². The number of nitro groups is 1. The zero-order valence-corrected chi connectivity index (χ0v) is 24.1. The molecule has 9 nitrogen and oxygen atoms in total. The molecule has 4 aromatic rings. The van der Waals surface area contributed by atoms with Gasteiger partial charge >= 0.3 is 0 Å². The smallest absolute Gasteiger partial charge is 0.269 e. The highest BCUT2D eigenvalue weighted by atomic mass is 16.6. The van der Waals surface area contributed by atoms with Crippen LogP contribution in [0.4, 0.5) is 17.1 Å². The summed E-state index contributed by atoms with van der Waals surface area (Å²) in [6.45, 7) is 8.61. The molecule has 6 rings (SSSR count). The van der Waals surface area contributed by atoms with Crippen LogP contribution in [0.1, 0.15) is 25.0 Å². The summed E-state index contributed by atoms with van der Waals surface area (Å²) < 4.78 is 2.03. The fourth-order valence-corrected chi connectivity index (χ4v) is 5.98. The molecule has 0 amide bonds. The number of rotatable bonds is 10. The predicted octanol–water partition coefficient (Wildman–Crippen LogP) is 5.35. The Morgan fingerprint density at radius 1 is 0.786 bits per heavy atom. The van der Waals surface area contributed by atoms with Gasteiger partial charge in [-0.05, 0) is 55.2 Å². The van der Waals surface area contributed by atoms with Crippen molar-refractivity contribution >= 4 is 17.1 Å². The normalized spacial score (nSPS) is 16.1. The summed E-state index contributed by atoms with van der Waals surface area (Å²) in [7, 11) is 0. The van der Waals surface area contributed by atoms with Crippen LogP contribution in [-0.2, 0) is 6.54 Å². The van der Waals surface area contributed by atoms with Gasteiger partial charge in [-0.25, -0.2) is 4.68 Å². The van der Waals surface area contributed by atoms with Gasteiger partial charge in [0, 0.05) is 94.2 Å². The molecule has 0 bridgehead atoms. The van der Waals surface area contributed by atoms with E-state index in [1.807, 2.05) is 16.8 Å². The van der Waals surface area contributed by atoms with Gasteiger partial charge in [-0.3, -0.25) is 15.0 Å². The number of anilines is 2. The van der Waals surface area contributed by atoms with Crippen LogP contribution in [0, 0.1) is 10.1 Å². The topological polar surface area (TPSA) is 82.7 Å². The molecule has 0 radical (unpaired) electrons. The van der Waals surface area contributed by atoms with Crippen molar-refractivity contribution in [3.8, 4) is 16.8 Å². The van der Waals surface area contributed by atoms with Gasteiger partial charge in [0.1, 0.15) is 0 Å². The standard InChI is InChI=1S/C33H39N7O2/c41-40(42)30-11-9-29(10-12-30)38-23-21-36(22-24-38)20-16-34-26-28-15-19-39(35-28)33-25-31(37-17-5-2-6-18-37)13-14-32(33)27-7-3-1-4-8-27/h1,3-4,7-15,19,25,34H,2,5-6,16-18,20-24,26H2. The van der Waals surface area contributed by atoms with Crippen LogP contribution >= 0.6 is 0 Å². The lowest BCUT2D eigenvalue weighted by Gasteiger charge is -2.36. The Balaban J connectivity index is 1.03. The summed E-state index contributed by atoms with van der Waals surface area (Å²) in [5, 5.41) is 19.5. The van der Waals surface area contributed by atoms with Crippen molar-refractivity contribution in [2.75, 3.05) is 62.2 Å². The minimum Gasteiger partial charge on any atom is -0.371 e. The minimum atomic E-state index is -0.352. The van der Waals surface area contributed by atoms with Gasteiger partial charge in [0.15, 0.2) is 0 Å². The lowest BCUT2D eigenvalue weighted by Crippen LogP contribution is -2.48. The van der Waals surface area contributed by atoms with Crippen LogP contribution in [0.15, 0.2) is 85.1 Å². The maximum atomic E-state index is 10.9. The number of benzene rings is 3. The van der Waals surface area contributed by atoms with E-state index >= 15 is 0 Å². The molecular weight excluding hydrogens is 526 g/mol. The average Bonchev–Trinajstić information content (AvgIpc) is 3.53. The highest BCUT2D eigenvalue weighted by Gasteiger charge is 2.18. The molecule has 0 aliphatic carbocycles. The van der Waals surface area contributed by atoms with Crippen LogP contribution in [0.3, 0.4) is 0 Å². The molecule has 1 N–H and O–H groups in total. The molecular formula is C33H39N7O2. The Hall–Kier alpha value is -4.21. The van der Waals surface area contributed by atoms with Gasteiger partial charge in [0.05, 0.1) is 16.3 Å². The molecule has 218 valence electrons. The van der Waals surface area contributed by atoms with E-state index in [2.05, 4.69) is 80.8 Å². The second kappa shape index (κ2) is 13.2. The Labute approximate surface area is 247 Å². The molecule has 2 aliphatic rings. The van der Waals surface area contributed by atoms with E-state index in [1.165, 1.54) is 36.1 Å². The third kappa shape index (κ3) is 6.64. The molecule has 9 heteroatoms. The highest BCUT2D eigenvalue weighted by molar-refractivity contribution is 5.76. The van der Waals surface area contributed by atoms with Gasteiger partial charge in [-0.15, -0.1) is 0 Å². The molecule has 0 unspecified atom stereocenters. The Bertz CT molecular complexity index is 1460. The molecule has 3 heterocycles. The van der Waals surface area contributed by atoms with Crippen molar-refractivity contribution < 1.29 is 4.92 Å². The van der Waals surface area contributed by atoms with Crippen LogP contribution in [0.25, 0.3) is 16.8 Å². The van der Waals surface area contributed by atoms with Crippen LogP contribution < -0.4 is 15.1 Å². The minimum absolute atomic E-state index is 0.135. The number of piperidine rings is 1. The van der Waals surface area contributed by atoms with Crippen LogP contribution in [0.5, 0.6) is 0 Å². The third-order valence-corrected chi connectivity index (χ3v) is 8.39. The number of aromatic nitrogens is 2. The summed E-state index contributed by atoms with van der Waals surface area (Å²) in [6.07, 6.45) is 5.90. The first kappa shape index (κ1) is 27.9. The predicted molar refractivity (Wildman–Crippen MR) is 169 cm³/mol. The fraction of sp³-hybridized carbons (Fsp3) is 0.364. The number of nitrogens with one attached hydrogen (secondary N) is 1. The monoisotopic (exact) mass is 565 g/mol. The largest absolute Gasteiger partial charge is 0.371 e. The lowest BCUT2D eigenvalue weighted by atomic mass is 10.0. The number of non-ortho nitro benzene ring substituents is 1. The van der Waals surface area contributed by atoms with Gasteiger partial charge < -0.3 is 15.1 Å². The van der Waals surface area contributed by atoms with Crippen molar-refractivity contribution in [1.82, 2.24) is 20.0 Å². The molecule has 2 aliphatic heterocycles. The second-order valence-electron chi connectivity index (χ2n) is 11.1. The van der Waals surface area contributed by atoms with Crippen molar-refractivity contribution in [2.45, 2.75) is 25.8 Å². The number of hydrogen-bond donors (Lipinski definition) is 1. The number of piperazine rings is 1. The summed E-state index contributed by atoms with van der Waals surface area (Å²) in [5.74, 6) is 0. The second-order valence-corrected chi connectivity index (χ2v) is 11.1.